The molecule has 1 heterocycles. The SMILES string of the molecule is C=CCc1cccc(N2CCOC(C(O)C(=O)OC(C)(C)C)C2=O)c1. The molecule has 1 fully saturated rings. The smallest absolute Gasteiger partial charge is 0.338 e. The highest BCUT2D eigenvalue weighted by atomic mass is 16.6. The van der Waals surface area contributed by atoms with Crippen molar-refractivity contribution in [3.63, 3.8) is 0 Å². The van der Waals surface area contributed by atoms with Gasteiger partial charge >= 0.3 is 5.97 Å². The van der Waals surface area contributed by atoms with E-state index in [4.69, 9.17) is 9.47 Å². The number of hydrogen-bond acceptors (Lipinski definition) is 5. The van der Waals surface area contributed by atoms with Gasteiger partial charge in [-0.1, -0.05) is 18.2 Å². The van der Waals surface area contributed by atoms with Crippen LogP contribution in [0, 0.1) is 0 Å². The van der Waals surface area contributed by atoms with Crippen molar-refractivity contribution < 1.29 is 24.2 Å². The minimum absolute atomic E-state index is 0.224. The minimum atomic E-state index is -1.66. The van der Waals surface area contributed by atoms with Crippen LogP contribution < -0.4 is 4.90 Å². The fraction of sp³-hybridized carbons (Fsp3) is 0.474. The molecule has 1 aromatic carbocycles. The Kier molecular flexibility index (Phi) is 5.98. The zero-order chi connectivity index (χ0) is 18.6. The van der Waals surface area contributed by atoms with Crippen LogP contribution in [0.5, 0.6) is 0 Å². The van der Waals surface area contributed by atoms with Gasteiger partial charge in [0.05, 0.1) is 6.61 Å². The standard InChI is InChI=1S/C19H25NO5/c1-5-7-13-8-6-9-14(12-13)20-10-11-24-16(17(20)22)15(21)18(23)25-19(2,3)4/h5-6,8-9,12,15-16,21H,1,7,10-11H2,2-4H3. The molecule has 1 aliphatic heterocycles. The van der Waals surface area contributed by atoms with Gasteiger partial charge in [-0.25, -0.2) is 4.79 Å². The lowest BCUT2D eigenvalue weighted by Gasteiger charge is -2.34. The minimum Gasteiger partial charge on any atom is -0.458 e. The second-order valence-electron chi connectivity index (χ2n) is 6.92. The molecule has 1 saturated heterocycles. The number of esters is 1. The molecule has 0 spiro atoms. The van der Waals surface area contributed by atoms with E-state index in [1.807, 2.05) is 24.3 Å². The van der Waals surface area contributed by atoms with Gasteiger partial charge in [-0.3, -0.25) is 4.79 Å². The van der Waals surface area contributed by atoms with Crippen molar-refractivity contribution in [2.45, 2.75) is 45.0 Å². The highest BCUT2D eigenvalue weighted by molar-refractivity contribution is 6.00. The molecule has 0 aromatic heterocycles. The number of nitrogens with zero attached hydrogens (tertiary/aromatic N) is 1. The van der Waals surface area contributed by atoms with Gasteiger partial charge in [0.15, 0.2) is 12.2 Å². The zero-order valence-electron chi connectivity index (χ0n) is 14.9. The van der Waals surface area contributed by atoms with Crippen molar-refractivity contribution in [3.05, 3.63) is 42.5 Å². The number of morpholine rings is 1. The number of aliphatic hydroxyl groups excluding tert-OH is 1. The molecule has 0 bridgehead atoms. The number of aliphatic hydroxyl groups is 1. The molecule has 2 unspecified atom stereocenters. The molecular weight excluding hydrogens is 322 g/mol. The molecule has 1 N–H and O–H groups in total. The largest absolute Gasteiger partial charge is 0.458 e. The van der Waals surface area contributed by atoms with E-state index in [0.717, 1.165) is 5.56 Å². The topological polar surface area (TPSA) is 76.1 Å². The average Bonchev–Trinajstić information content (AvgIpc) is 2.53. The van der Waals surface area contributed by atoms with Crippen molar-refractivity contribution in [3.8, 4) is 0 Å². The van der Waals surface area contributed by atoms with E-state index < -0.39 is 29.7 Å². The van der Waals surface area contributed by atoms with Crippen LogP contribution >= 0.6 is 0 Å². The molecule has 2 atom stereocenters. The Morgan fingerprint density at radius 2 is 2.24 bits per heavy atom. The van der Waals surface area contributed by atoms with Gasteiger partial charge in [0, 0.05) is 12.2 Å². The first-order valence-electron chi connectivity index (χ1n) is 8.26. The Morgan fingerprint density at radius 3 is 2.88 bits per heavy atom. The van der Waals surface area contributed by atoms with E-state index in [0.29, 0.717) is 18.7 Å². The lowest BCUT2D eigenvalue weighted by Crippen LogP contribution is -2.55. The predicted molar refractivity (Wildman–Crippen MR) is 94.3 cm³/mol. The Labute approximate surface area is 148 Å². The molecule has 6 heteroatoms. The second-order valence-corrected chi connectivity index (χ2v) is 6.92. The van der Waals surface area contributed by atoms with Gasteiger partial charge in [0.1, 0.15) is 5.60 Å². The van der Waals surface area contributed by atoms with E-state index in [2.05, 4.69) is 6.58 Å². The van der Waals surface area contributed by atoms with Crippen molar-refractivity contribution >= 4 is 17.6 Å². The summed E-state index contributed by atoms with van der Waals surface area (Å²) < 4.78 is 10.5. The summed E-state index contributed by atoms with van der Waals surface area (Å²) in [6.07, 6.45) is -0.455. The Balaban J connectivity index is 2.16. The third kappa shape index (κ3) is 4.90. The van der Waals surface area contributed by atoms with E-state index >= 15 is 0 Å². The summed E-state index contributed by atoms with van der Waals surface area (Å²) >= 11 is 0. The second kappa shape index (κ2) is 7.80. The van der Waals surface area contributed by atoms with Crippen molar-refractivity contribution in [1.82, 2.24) is 0 Å². The normalized spacial score (nSPS) is 19.4. The molecule has 1 aliphatic rings. The Hall–Kier alpha value is -2.18. The number of allylic oxidation sites excluding steroid dienone is 1. The van der Waals surface area contributed by atoms with Crippen molar-refractivity contribution in [2.75, 3.05) is 18.1 Å². The van der Waals surface area contributed by atoms with Gasteiger partial charge in [-0.15, -0.1) is 6.58 Å². The number of amides is 1. The van der Waals surface area contributed by atoms with E-state index in [1.165, 1.54) is 4.90 Å². The third-order valence-electron chi connectivity index (χ3n) is 3.66. The zero-order valence-corrected chi connectivity index (χ0v) is 14.9. The van der Waals surface area contributed by atoms with Crippen molar-refractivity contribution in [2.24, 2.45) is 0 Å². The summed E-state index contributed by atoms with van der Waals surface area (Å²) in [5.41, 5.74) is 0.971. The van der Waals surface area contributed by atoms with Gasteiger partial charge < -0.3 is 19.5 Å². The molecule has 1 aromatic rings. The fourth-order valence-corrected chi connectivity index (χ4v) is 2.59. The van der Waals surface area contributed by atoms with Gasteiger partial charge in [0.25, 0.3) is 5.91 Å². The first-order chi connectivity index (χ1) is 11.7. The maximum Gasteiger partial charge on any atom is 0.338 e. The molecule has 0 saturated carbocycles. The van der Waals surface area contributed by atoms with Gasteiger partial charge in [-0.2, -0.15) is 0 Å². The van der Waals surface area contributed by atoms with Crippen LogP contribution in [0.2, 0.25) is 0 Å². The Bertz CT molecular complexity index is 649. The number of carbonyl (C=O) groups excluding carboxylic acids is 2. The third-order valence-corrected chi connectivity index (χ3v) is 3.66. The number of rotatable bonds is 5. The van der Waals surface area contributed by atoms with Gasteiger partial charge in [0.2, 0.25) is 0 Å². The summed E-state index contributed by atoms with van der Waals surface area (Å²) in [6, 6.07) is 7.51. The maximum absolute atomic E-state index is 12.7. The summed E-state index contributed by atoms with van der Waals surface area (Å²) in [5.74, 6) is -1.33. The Morgan fingerprint density at radius 1 is 1.52 bits per heavy atom. The number of anilines is 1. The van der Waals surface area contributed by atoms with Gasteiger partial charge in [-0.05, 0) is 44.9 Å². The molecule has 1 amide bonds. The molecule has 6 nitrogen and oxygen atoms in total. The van der Waals surface area contributed by atoms with Crippen LogP contribution in [0.3, 0.4) is 0 Å². The van der Waals surface area contributed by atoms with Crippen LogP contribution in [-0.4, -0.2) is 47.9 Å². The van der Waals surface area contributed by atoms with Crippen LogP contribution in [0.15, 0.2) is 36.9 Å². The van der Waals surface area contributed by atoms with Crippen molar-refractivity contribution in [1.29, 1.82) is 0 Å². The highest BCUT2D eigenvalue weighted by Gasteiger charge is 2.41. The van der Waals surface area contributed by atoms with E-state index in [9.17, 15) is 14.7 Å². The lowest BCUT2D eigenvalue weighted by molar-refractivity contribution is -0.177. The monoisotopic (exact) mass is 347 g/mol. The number of benzene rings is 1. The number of ether oxygens (including phenoxy) is 2. The molecule has 25 heavy (non-hydrogen) atoms. The van der Waals surface area contributed by atoms with Crippen LogP contribution in [0.25, 0.3) is 0 Å². The number of carbonyl (C=O) groups is 2. The average molecular weight is 347 g/mol. The number of hydrogen-bond donors (Lipinski definition) is 1. The molecular formula is C19H25NO5. The van der Waals surface area contributed by atoms with E-state index in [1.54, 1.807) is 26.8 Å². The fourth-order valence-electron chi connectivity index (χ4n) is 2.59. The maximum atomic E-state index is 12.7. The summed E-state index contributed by atoms with van der Waals surface area (Å²) in [7, 11) is 0. The summed E-state index contributed by atoms with van der Waals surface area (Å²) in [5, 5.41) is 10.2. The molecule has 136 valence electrons. The molecule has 0 aliphatic carbocycles. The van der Waals surface area contributed by atoms with Crippen LogP contribution in [0.4, 0.5) is 5.69 Å². The lowest BCUT2D eigenvalue weighted by atomic mass is 10.1. The summed E-state index contributed by atoms with van der Waals surface area (Å²) in [4.78, 5) is 26.3. The first-order valence-corrected chi connectivity index (χ1v) is 8.26. The highest BCUT2D eigenvalue weighted by Crippen LogP contribution is 2.23. The van der Waals surface area contributed by atoms with Crippen LogP contribution in [-0.2, 0) is 25.5 Å². The molecule has 2 rings (SSSR count). The summed E-state index contributed by atoms with van der Waals surface area (Å²) in [6.45, 7) is 9.37. The quantitative estimate of drug-likeness (QED) is 0.650. The van der Waals surface area contributed by atoms with E-state index in [-0.39, 0.29) is 6.61 Å². The first kappa shape index (κ1) is 19.1. The van der Waals surface area contributed by atoms with Crippen LogP contribution in [0.1, 0.15) is 26.3 Å². The molecule has 0 radical (unpaired) electrons. The predicted octanol–water partition coefficient (Wildman–Crippen LogP) is 1.85.